The van der Waals surface area contributed by atoms with Crippen molar-refractivity contribution in [2.24, 2.45) is 5.41 Å². The topological polar surface area (TPSA) is 106 Å². The average Bonchev–Trinajstić information content (AvgIpc) is 3.60. The van der Waals surface area contributed by atoms with Gasteiger partial charge < -0.3 is 34.6 Å². The van der Waals surface area contributed by atoms with E-state index in [1.165, 1.54) is 0 Å². The normalized spacial score (nSPS) is 22.3. The molecule has 5 aliphatic rings. The summed E-state index contributed by atoms with van der Waals surface area (Å²) in [6.45, 7) is 8.38. The Hall–Kier alpha value is -3.95. The van der Waals surface area contributed by atoms with Crippen molar-refractivity contribution < 1.29 is 41.0 Å². The van der Waals surface area contributed by atoms with Gasteiger partial charge in [0.2, 0.25) is 0 Å². The van der Waals surface area contributed by atoms with Crippen LogP contribution in [0.3, 0.4) is 0 Å². The molecule has 2 N–H and O–H groups in total. The van der Waals surface area contributed by atoms with E-state index >= 15 is 4.39 Å². The van der Waals surface area contributed by atoms with Gasteiger partial charge in [-0.3, -0.25) is 0 Å². The number of carbonyl (C=O) groups excluding carboxylic acids is 1. The highest BCUT2D eigenvalue weighted by atomic mass is 35.5. The number of hydrogen-bond donors (Lipinski definition) is 1. The molecule has 5 heterocycles. The van der Waals surface area contributed by atoms with Gasteiger partial charge in [-0.2, -0.15) is 23.1 Å². The van der Waals surface area contributed by atoms with Gasteiger partial charge in [-0.25, -0.2) is 13.6 Å². The van der Waals surface area contributed by atoms with Gasteiger partial charge in [0.15, 0.2) is 5.82 Å². The van der Waals surface area contributed by atoms with Crippen LogP contribution >= 0.6 is 11.6 Å². The Balaban J connectivity index is 1.23. The Morgan fingerprint density at radius 1 is 1.07 bits per heavy atom. The molecular weight excluding hydrogens is 747 g/mol. The largest absolute Gasteiger partial charge is 0.463 e. The summed E-state index contributed by atoms with van der Waals surface area (Å²) in [6, 6.07) is 1.56. The number of likely N-dealkylation sites (tertiary alicyclic amines) is 2. The van der Waals surface area contributed by atoms with Gasteiger partial charge in [0.25, 0.3) is 0 Å². The van der Waals surface area contributed by atoms with Gasteiger partial charge >= 0.3 is 18.3 Å². The number of nitrogen functional groups attached to an aromatic ring is 1. The molecule has 10 nitrogen and oxygen atoms in total. The minimum Gasteiger partial charge on any atom is -0.463 e. The van der Waals surface area contributed by atoms with Crippen LogP contribution in [0, 0.1) is 11.2 Å². The van der Waals surface area contributed by atoms with Crippen LogP contribution in [0.1, 0.15) is 76.0 Å². The fourth-order valence-corrected chi connectivity index (χ4v) is 9.02. The summed E-state index contributed by atoms with van der Waals surface area (Å²) in [5.41, 5.74) is 4.34. The first kappa shape index (κ1) is 37.9. The molecule has 2 aromatic carbocycles. The first-order chi connectivity index (χ1) is 26.0. The summed E-state index contributed by atoms with van der Waals surface area (Å²) >= 11 is 6.16. The predicted molar refractivity (Wildman–Crippen MR) is 197 cm³/mol. The number of amides is 1. The SMILES string of the molecule is CC(C)(C)OC(=O)N1CC2CCC(C1)N2c1nc(OCC2(CN3CCC(=CF)CC3)CC2)nc2c(F)c(-c3cc(N)cc(Cl)c3C(F)(F)F)c3c(c12)COC3. The summed E-state index contributed by atoms with van der Waals surface area (Å²) in [7, 11) is 0. The molecule has 55 heavy (non-hydrogen) atoms. The zero-order valence-corrected chi connectivity index (χ0v) is 31.8. The number of fused-ring (bicyclic) bond motifs is 5. The predicted octanol–water partition coefficient (Wildman–Crippen LogP) is 8.42. The minimum absolute atomic E-state index is 0.0153. The lowest BCUT2D eigenvalue weighted by molar-refractivity contribution is -0.137. The number of benzene rings is 2. The Labute approximate surface area is 320 Å². The molecule has 296 valence electrons. The number of nitrogens with zero attached hydrogens (tertiary/aromatic N) is 5. The van der Waals surface area contributed by atoms with Crippen molar-refractivity contribution in [3.63, 3.8) is 0 Å². The van der Waals surface area contributed by atoms with Crippen LogP contribution in [0.25, 0.3) is 22.0 Å². The summed E-state index contributed by atoms with van der Waals surface area (Å²) in [5.74, 6) is -0.609. The molecule has 3 saturated heterocycles. The highest BCUT2D eigenvalue weighted by molar-refractivity contribution is 6.32. The molecule has 8 rings (SSSR count). The Morgan fingerprint density at radius 3 is 2.36 bits per heavy atom. The average molecular weight is 791 g/mol. The lowest BCUT2D eigenvalue weighted by Gasteiger charge is -2.42. The molecule has 4 fully saturated rings. The molecule has 3 aromatic rings. The van der Waals surface area contributed by atoms with Gasteiger partial charge in [-0.05, 0) is 88.1 Å². The second-order valence-electron chi connectivity index (χ2n) is 16.6. The lowest BCUT2D eigenvalue weighted by atomic mass is 9.89. The fourth-order valence-electron chi connectivity index (χ4n) is 8.69. The first-order valence-corrected chi connectivity index (χ1v) is 19.1. The van der Waals surface area contributed by atoms with Crippen LogP contribution < -0.4 is 15.4 Å². The quantitative estimate of drug-likeness (QED) is 0.187. The zero-order valence-electron chi connectivity index (χ0n) is 31.0. The van der Waals surface area contributed by atoms with Gasteiger partial charge in [0.05, 0.1) is 42.1 Å². The third kappa shape index (κ3) is 7.27. The summed E-state index contributed by atoms with van der Waals surface area (Å²) < 4.78 is 92.2. The standard InChI is InChI=1S/C39H44ClF5N6O4/c1-37(2,3)55-36(52)50-15-23-4-5-24(16-50)51(23)34-30-27-18-53-17-26(27)29(25-12-22(46)13-28(40)31(25)39(43,44)45)32(42)33(30)47-35(48-34)54-20-38(8-9-38)19-49-10-6-21(14-41)7-11-49/h12-14,23-24H,4-11,15-20,46H2,1-3H3. The van der Waals surface area contributed by atoms with Crippen molar-refractivity contribution >= 4 is 40.1 Å². The number of aromatic nitrogens is 2. The molecule has 2 unspecified atom stereocenters. The number of ether oxygens (including phenoxy) is 3. The van der Waals surface area contributed by atoms with Crippen LogP contribution in [0.2, 0.25) is 5.02 Å². The van der Waals surface area contributed by atoms with E-state index in [2.05, 4.69) is 14.8 Å². The van der Waals surface area contributed by atoms with E-state index < -0.39 is 39.8 Å². The van der Waals surface area contributed by atoms with E-state index in [4.69, 9.17) is 36.5 Å². The number of rotatable bonds is 7. The van der Waals surface area contributed by atoms with E-state index in [9.17, 15) is 22.4 Å². The lowest BCUT2D eigenvalue weighted by Crippen LogP contribution is -2.56. The molecule has 16 heteroatoms. The van der Waals surface area contributed by atoms with Gasteiger partial charge in [-0.1, -0.05) is 11.6 Å². The minimum atomic E-state index is -4.93. The van der Waals surface area contributed by atoms with E-state index in [0.717, 1.165) is 63.0 Å². The summed E-state index contributed by atoms with van der Waals surface area (Å²) in [6.07, 6.45) is -0.0905. The van der Waals surface area contributed by atoms with Crippen molar-refractivity contribution in [2.75, 3.05) is 50.0 Å². The molecule has 2 bridgehead atoms. The molecule has 0 spiro atoms. The van der Waals surface area contributed by atoms with Crippen molar-refractivity contribution in [1.29, 1.82) is 0 Å². The number of carbonyl (C=O) groups is 1. The molecule has 4 aliphatic heterocycles. The van der Waals surface area contributed by atoms with Crippen molar-refractivity contribution in [2.45, 2.75) is 96.4 Å². The zero-order chi connectivity index (χ0) is 39.0. The monoisotopic (exact) mass is 790 g/mol. The molecule has 1 aliphatic carbocycles. The van der Waals surface area contributed by atoms with Crippen LogP contribution in [0.15, 0.2) is 24.0 Å². The number of halogens is 6. The molecule has 2 atom stereocenters. The maximum atomic E-state index is 17.4. The number of nitrogens with two attached hydrogens (primary N) is 1. The highest BCUT2D eigenvalue weighted by Gasteiger charge is 2.47. The maximum Gasteiger partial charge on any atom is 0.418 e. The fraction of sp³-hybridized carbons (Fsp3) is 0.564. The third-order valence-electron chi connectivity index (χ3n) is 11.5. The van der Waals surface area contributed by atoms with Gasteiger partial charge in [0.1, 0.15) is 16.9 Å². The Morgan fingerprint density at radius 2 is 1.75 bits per heavy atom. The molecule has 1 amide bonds. The highest BCUT2D eigenvalue weighted by Crippen LogP contribution is 2.51. The van der Waals surface area contributed by atoms with Crippen molar-refractivity contribution in [3.8, 4) is 17.1 Å². The molecule has 1 aromatic heterocycles. The number of alkyl halides is 3. The number of piperidine rings is 1. The molecule has 0 radical (unpaired) electrons. The number of anilines is 2. The van der Waals surface area contributed by atoms with E-state index in [0.29, 0.717) is 49.0 Å². The summed E-state index contributed by atoms with van der Waals surface area (Å²) in [4.78, 5) is 28.8. The van der Waals surface area contributed by atoms with Crippen LogP contribution in [0.4, 0.5) is 38.3 Å². The van der Waals surface area contributed by atoms with Gasteiger partial charge in [0, 0.05) is 67.0 Å². The number of hydrogen-bond acceptors (Lipinski definition) is 9. The van der Waals surface area contributed by atoms with Gasteiger partial charge in [-0.15, -0.1) is 0 Å². The van der Waals surface area contributed by atoms with Crippen LogP contribution in [-0.2, 0) is 28.9 Å². The van der Waals surface area contributed by atoms with E-state index in [1.54, 1.807) is 4.90 Å². The Bertz CT molecular complexity index is 2050. The smallest absolute Gasteiger partial charge is 0.418 e. The maximum absolute atomic E-state index is 17.4. The molecular formula is C39H44ClF5N6O4. The Kier molecular flexibility index (Phi) is 9.60. The third-order valence-corrected chi connectivity index (χ3v) is 11.8. The van der Waals surface area contributed by atoms with Crippen LogP contribution in [-0.4, -0.2) is 82.9 Å². The van der Waals surface area contributed by atoms with Crippen molar-refractivity contribution in [3.05, 3.63) is 51.6 Å². The second kappa shape index (κ2) is 13.9. The second-order valence-corrected chi connectivity index (χ2v) is 17.0. The van der Waals surface area contributed by atoms with E-state index in [1.807, 2.05) is 20.8 Å². The molecule has 1 saturated carbocycles. The van der Waals surface area contributed by atoms with E-state index in [-0.39, 0.29) is 65.7 Å². The van der Waals surface area contributed by atoms with Crippen LogP contribution in [0.5, 0.6) is 6.01 Å². The summed E-state index contributed by atoms with van der Waals surface area (Å²) in [5, 5.41) is -0.319. The first-order valence-electron chi connectivity index (χ1n) is 18.7. The number of piperazine rings is 1. The van der Waals surface area contributed by atoms with Crippen molar-refractivity contribution in [1.82, 2.24) is 19.8 Å².